The lowest BCUT2D eigenvalue weighted by Gasteiger charge is -2.33. The van der Waals surface area contributed by atoms with Crippen LogP contribution < -0.4 is 0 Å². The van der Waals surface area contributed by atoms with Crippen LogP contribution in [0.15, 0.2) is 60.7 Å². The number of carbonyl (C=O) groups is 1. The van der Waals surface area contributed by atoms with Crippen molar-refractivity contribution in [2.24, 2.45) is 5.92 Å². The maximum absolute atomic E-state index is 12.9. The molecule has 1 N–H and O–H groups in total. The number of aliphatic hydroxyl groups is 1. The zero-order valence-corrected chi connectivity index (χ0v) is 13.9. The van der Waals surface area contributed by atoms with Crippen molar-refractivity contribution in [2.45, 2.75) is 32.9 Å². The molecule has 1 amide bonds. The fraction of sp³-hybridized carbons (Fsp3) is 0.350. The van der Waals surface area contributed by atoms with Gasteiger partial charge in [0.1, 0.15) is 0 Å². The van der Waals surface area contributed by atoms with Crippen molar-refractivity contribution >= 4 is 5.91 Å². The summed E-state index contributed by atoms with van der Waals surface area (Å²) in [7, 11) is 0. The number of hydrogen-bond donors (Lipinski definition) is 1. The summed E-state index contributed by atoms with van der Waals surface area (Å²) in [5.41, 5.74) is 2.03. The third-order valence-corrected chi connectivity index (χ3v) is 4.25. The molecule has 0 fully saturated rings. The SMILES string of the molecule is CC[C@@H](C)C(=O)N(Cc1ccccc1)[C@@H](CO)c1ccccc1. The van der Waals surface area contributed by atoms with Crippen LogP contribution in [-0.4, -0.2) is 22.5 Å². The predicted molar refractivity (Wildman–Crippen MR) is 92.7 cm³/mol. The van der Waals surface area contributed by atoms with Crippen LogP contribution in [0.1, 0.15) is 37.4 Å². The Labute approximate surface area is 138 Å². The maximum Gasteiger partial charge on any atom is 0.226 e. The molecule has 0 saturated carbocycles. The molecule has 122 valence electrons. The van der Waals surface area contributed by atoms with Gasteiger partial charge in [-0.1, -0.05) is 74.5 Å². The summed E-state index contributed by atoms with van der Waals surface area (Å²) >= 11 is 0. The van der Waals surface area contributed by atoms with Crippen molar-refractivity contribution in [1.82, 2.24) is 4.90 Å². The Morgan fingerprint density at radius 2 is 1.61 bits per heavy atom. The largest absolute Gasteiger partial charge is 0.394 e. The molecule has 2 aromatic rings. The summed E-state index contributed by atoms with van der Waals surface area (Å²) in [6.07, 6.45) is 0.789. The highest BCUT2D eigenvalue weighted by Gasteiger charge is 2.27. The minimum absolute atomic E-state index is 0.0588. The highest BCUT2D eigenvalue weighted by molar-refractivity contribution is 5.79. The molecule has 0 aliphatic rings. The zero-order chi connectivity index (χ0) is 16.7. The molecule has 2 atom stereocenters. The Hall–Kier alpha value is -2.13. The molecule has 3 heteroatoms. The van der Waals surface area contributed by atoms with E-state index in [9.17, 15) is 9.90 Å². The zero-order valence-electron chi connectivity index (χ0n) is 13.9. The Morgan fingerprint density at radius 1 is 1.04 bits per heavy atom. The summed E-state index contributed by atoms with van der Waals surface area (Å²) in [5.74, 6) is 0.0238. The van der Waals surface area contributed by atoms with E-state index >= 15 is 0 Å². The Morgan fingerprint density at radius 3 is 2.13 bits per heavy atom. The average molecular weight is 311 g/mol. The first kappa shape index (κ1) is 17.2. The van der Waals surface area contributed by atoms with Gasteiger partial charge in [0.15, 0.2) is 0 Å². The molecule has 0 bridgehead atoms. The van der Waals surface area contributed by atoms with Crippen LogP contribution in [0.25, 0.3) is 0 Å². The lowest BCUT2D eigenvalue weighted by atomic mass is 10.0. The van der Waals surface area contributed by atoms with E-state index in [2.05, 4.69) is 0 Å². The summed E-state index contributed by atoms with van der Waals surface area (Å²) < 4.78 is 0. The first-order valence-electron chi connectivity index (χ1n) is 8.17. The lowest BCUT2D eigenvalue weighted by molar-refractivity contribution is -0.139. The van der Waals surface area contributed by atoms with Gasteiger partial charge in [0.2, 0.25) is 5.91 Å². The summed E-state index contributed by atoms with van der Waals surface area (Å²) in [4.78, 5) is 14.7. The smallest absolute Gasteiger partial charge is 0.226 e. The minimum Gasteiger partial charge on any atom is -0.394 e. The van der Waals surface area contributed by atoms with E-state index in [4.69, 9.17) is 0 Å². The normalized spacial score (nSPS) is 13.3. The number of amides is 1. The van der Waals surface area contributed by atoms with Crippen molar-refractivity contribution in [3.8, 4) is 0 Å². The standard InChI is InChI=1S/C20H25NO2/c1-3-16(2)20(23)21(14-17-10-6-4-7-11-17)19(15-22)18-12-8-5-9-13-18/h4-13,16,19,22H,3,14-15H2,1-2H3/t16-,19+/m1/s1. The van der Waals surface area contributed by atoms with Gasteiger partial charge < -0.3 is 10.0 Å². The van der Waals surface area contributed by atoms with Gasteiger partial charge in [-0.2, -0.15) is 0 Å². The maximum atomic E-state index is 12.9. The quantitative estimate of drug-likeness (QED) is 0.845. The number of aliphatic hydroxyl groups excluding tert-OH is 1. The second-order valence-corrected chi connectivity index (χ2v) is 5.87. The van der Waals surface area contributed by atoms with E-state index in [0.717, 1.165) is 17.5 Å². The highest BCUT2D eigenvalue weighted by atomic mass is 16.3. The van der Waals surface area contributed by atoms with Crippen LogP contribution in [0.4, 0.5) is 0 Å². The molecule has 0 aliphatic carbocycles. The van der Waals surface area contributed by atoms with Gasteiger partial charge >= 0.3 is 0 Å². The first-order valence-corrected chi connectivity index (χ1v) is 8.17. The fourth-order valence-corrected chi connectivity index (χ4v) is 2.64. The van der Waals surface area contributed by atoms with Gasteiger partial charge in [0.05, 0.1) is 12.6 Å². The topological polar surface area (TPSA) is 40.5 Å². The van der Waals surface area contributed by atoms with E-state index in [1.807, 2.05) is 74.5 Å². The minimum atomic E-state index is -0.321. The molecular weight excluding hydrogens is 286 g/mol. The molecule has 0 spiro atoms. The van der Waals surface area contributed by atoms with Gasteiger partial charge in [0.25, 0.3) is 0 Å². The van der Waals surface area contributed by atoms with Crippen LogP contribution in [0, 0.1) is 5.92 Å². The van der Waals surface area contributed by atoms with Gasteiger partial charge in [-0.15, -0.1) is 0 Å². The molecule has 2 aromatic carbocycles. The molecule has 0 aliphatic heterocycles. The lowest BCUT2D eigenvalue weighted by Crippen LogP contribution is -2.39. The van der Waals surface area contributed by atoms with Crippen molar-refractivity contribution in [3.63, 3.8) is 0 Å². The summed E-state index contributed by atoms with van der Waals surface area (Å²) in [6.45, 7) is 4.38. The Bertz CT molecular complexity index is 598. The summed E-state index contributed by atoms with van der Waals surface area (Å²) in [6, 6.07) is 19.3. The number of nitrogens with zero attached hydrogens (tertiary/aromatic N) is 1. The first-order chi connectivity index (χ1) is 11.2. The third kappa shape index (κ3) is 4.42. The van der Waals surface area contributed by atoms with E-state index in [1.54, 1.807) is 4.90 Å². The molecule has 2 rings (SSSR count). The van der Waals surface area contributed by atoms with E-state index in [-0.39, 0.29) is 24.5 Å². The third-order valence-electron chi connectivity index (χ3n) is 4.25. The average Bonchev–Trinajstić information content (AvgIpc) is 2.62. The molecular formula is C20H25NO2. The van der Waals surface area contributed by atoms with Crippen LogP contribution in [0.2, 0.25) is 0 Å². The van der Waals surface area contributed by atoms with Crippen molar-refractivity contribution in [2.75, 3.05) is 6.61 Å². The number of benzene rings is 2. The van der Waals surface area contributed by atoms with Gasteiger partial charge in [-0.05, 0) is 17.5 Å². The second-order valence-electron chi connectivity index (χ2n) is 5.87. The number of rotatable bonds is 7. The molecule has 23 heavy (non-hydrogen) atoms. The predicted octanol–water partition coefficient (Wildman–Crippen LogP) is 3.79. The molecule has 0 radical (unpaired) electrons. The van der Waals surface area contributed by atoms with Crippen molar-refractivity contribution < 1.29 is 9.90 Å². The Kier molecular flexibility index (Phi) is 6.36. The van der Waals surface area contributed by atoms with Crippen LogP contribution in [-0.2, 0) is 11.3 Å². The van der Waals surface area contributed by atoms with E-state index < -0.39 is 0 Å². The summed E-state index contributed by atoms with van der Waals surface area (Å²) in [5, 5.41) is 9.94. The number of hydrogen-bond acceptors (Lipinski definition) is 2. The molecule has 0 heterocycles. The van der Waals surface area contributed by atoms with Crippen LogP contribution in [0.5, 0.6) is 0 Å². The van der Waals surface area contributed by atoms with E-state index in [0.29, 0.717) is 6.54 Å². The van der Waals surface area contributed by atoms with Crippen molar-refractivity contribution in [1.29, 1.82) is 0 Å². The van der Waals surface area contributed by atoms with Gasteiger partial charge in [-0.3, -0.25) is 4.79 Å². The molecule has 0 saturated heterocycles. The second kappa shape index (κ2) is 8.49. The van der Waals surface area contributed by atoms with Gasteiger partial charge in [0, 0.05) is 12.5 Å². The van der Waals surface area contributed by atoms with Gasteiger partial charge in [-0.25, -0.2) is 0 Å². The highest BCUT2D eigenvalue weighted by Crippen LogP contribution is 2.25. The number of carbonyl (C=O) groups excluding carboxylic acids is 1. The monoisotopic (exact) mass is 311 g/mol. The van der Waals surface area contributed by atoms with Crippen LogP contribution >= 0.6 is 0 Å². The van der Waals surface area contributed by atoms with E-state index in [1.165, 1.54) is 0 Å². The molecule has 0 unspecified atom stereocenters. The Balaban J connectivity index is 2.33. The molecule has 3 nitrogen and oxygen atoms in total. The van der Waals surface area contributed by atoms with Crippen LogP contribution in [0.3, 0.4) is 0 Å². The fourth-order valence-electron chi connectivity index (χ4n) is 2.64. The van der Waals surface area contributed by atoms with Crippen molar-refractivity contribution in [3.05, 3.63) is 71.8 Å². The molecule has 0 aromatic heterocycles.